The molecule has 2 aromatic rings. The smallest absolute Gasteiger partial charge is 0.331 e. The Kier molecular flexibility index (Phi) is 5.63. The van der Waals surface area contributed by atoms with E-state index in [9.17, 15) is 14.7 Å². The van der Waals surface area contributed by atoms with Gasteiger partial charge in [-0.15, -0.1) is 0 Å². The molecule has 0 spiro atoms. The molecule has 0 bridgehead atoms. The Morgan fingerprint density at radius 3 is 2.21 bits per heavy atom. The number of ether oxygens (including phenoxy) is 2. The summed E-state index contributed by atoms with van der Waals surface area (Å²) in [5, 5.41) is 9.52. The maximum absolute atomic E-state index is 12.7. The number of nitrogens with zero attached hydrogens (tertiary/aromatic N) is 3. The fourth-order valence-electron chi connectivity index (χ4n) is 2.56. The zero-order chi connectivity index (χ0) is 17.9. The topological polar surface area (TPSA) is 85.9 Å². The summed E-state index contributed by atoms with van der Waals surface area (Å²) in [6, 6.07) is 3.20. The van der Waals surface area contributed by atoms with E-state index in [1.807, 2.05) is 19.0 Å². The summed E-state index contributed by atoms with van der Waals surface area (Å²) < 4.78 is 13.1. The Hall–Kier alpha value is -2.32. The van der Waals surface area contributed by atoms with Gasteiger partial charge in [0.2, 0.25) is 0 Å². The van der Waals surface area contributed by atoms with Crippen LogP contribution in [0.1, 0.15) is 0 Å². The molecule has 0 unspecified atom stereocenters. The molecule has 24 heavy (non-hydrogen) atoms. The SMILES string of the molecule is COc1cc2c(=O)n(CCO)c(=O)n(CCN(C)C)c2cc1OC. The number of rotatable bonds is 7. The minimum absolute atomic E-state index is 0.0517. The van der Waals surface area contributed by atoms with Crippen LogP contribution in [0.25, 0.3) is 10.9 Å². The van der Waals surface area contributed by atoms with Crippen LogP contribution in [0.2, 0.25) is 0 Å². The van der Waals surface area contributed by atoms with Crippen molar-refractivity contribution in [3.8, 4) is 11.5 Å². The van der Waals surface area contributed by atoms with Gasteiger partial charge in [0.05, 0.1) is 38.3 Å². The highest BCUT2D eigenvalue weighted by molar-refractivity contribution is 5.82. The molecule has 0 aliphatic carbocycles. The van der Waals surface area contributed by atoms with Crippen LogP contribution in [0.15, 0.2) is 21.7 Å². The van der Waals surface area contributed by atoms with Crippen LogP contribution < -0.4 is 20.7 Å². The van der Waals surface area contributed by atoms with Gasteiger partial charge in [0.15, 0.2) is 11.5 Å². The normalized spacial score (nSPS) is 11.2. The monoisotopic (exact) mass is 337 g/mol. The molecule has 1 N–H and O–H groups in total. The van der Waals surface area contributed by atoms with E-state index < -0.39 is 11.2 Å². The zero-order valence-corrected chi connectivity index (χ0v) is 14.4. The average Bonchev–Trinajstić information content (AvgIpc) is 2.57. The van der Waals surface area contributed by atoms with Crippen molar-refractivity contribution in [1.82, 2.24) is 14.0 Å². The van der Waals surface area contributed by atoms with Gasteiger partial charge in [-0.2, -0.15) is 0 Å². The Labute approximate surface area is 139 Å². The highest BCUT2D eigenvalue weighted by Gasteiger charge is 2.16. The molecule has 8 heteroatoms. The van der Waals surface area contributed by atoms with Crippen LogP contribution in [0.4, 0.5) is 0 Å². The standard InChI is InChI=1S/C16H23N3O5/c1-17(2)5-6-18-12-10-14(24-4)13(23-3)9-11(12)15(21)19(7-8-20)16(18)22/h9-10,20H,5-8H2,1-4H3. The van der Waals surface area contributed by atoms with Crippen LogP contribution in [0.5, 0.6) is 11.5 Å². The van der Waals surface area contributed by atoms with Gasteiger partial charge in [-0.1, -0.05) is 0 Å². The van der Waals surface area contributed by atoms with E-state index in [2.05, 4.69) is 0 Å². The van der Waals surface area contributed by atoms with Gasteiger partial charge < -0.3 is 19.5 Å². The zero-order valence-electron chi connectivity index (χ0n) is 14.4. The second-order valence-electron chi connectivity index (χ2n) is 5.64. The number of benzene rings is 1. The molecule has 0 saturated heterocycles. The second kappa shape index (κ2) is 7.50. The molecule has 132 valence electrons. The molecule has 0 aliphatic rings. The maximum atomic E-state index is 12.7. The number of aliphatic hydroxyl groups is 1. The van der Waals surface area contributed by atoms with E-state index in [0.29, 0.717) is 35.5 Å². The van der Waals surface area contributed by atoms with Crippen molar-refractivity contribution in [1.29, 1.82) is 0 Å². The third kappa shape index (κ3) is 3.29. The number of hydrogen-bond acceptors (Lipinski definition) is 6. The summed E-state index contributed by atoms with van der Waals surface area (Å²) in [4.78, 5) is 27.3. The predicted octanol–water partition coefficient (Wildman–Crippen LogP) is -0.266. The molecule has 0 amide bonds. The fraction of sp³-hybridized carbons (Fsp3) is 0.500. The van der Waals surface area contributed by atoms with Crippen molar-refractivity contribution in [2.24, 2.45) is 0 Å². The van der Waals surface area contributed by atoms with Gasteiger partial charge >= 0.3 is 5.69 Å². The van der Waals surface area contributed by atoms with Crippen LogP contribution in [-0.4, -0.2) is 60.6 Å². The number of likely N-dealkylation sites (N-methyl/N-ethyl adjacent to an activating group) is 1. The van der Waals surface area contributed by atoms with Crippen molar-refractivity contribution in [3.63, 3.8) is 0 Å². The van der Waals surface area contributed by atoms with Gasteiger partial charge in [-0.05, 0) is 20.2 Å². The van der Waals surface area contributed by atoms with Crippen LogP contribution >= 0.6 is 0 Å². The molecular formula is C16H23N3O5. The lowest BCUT2D eigenvalue weighted by molar-refractivity contribution is 0.270. The summed E-state index contributed by atoms with van der Waals surface area (Å²) in [6.45, 7) is 0.690. The minimum atomic E-state index is -0.453. The van der Waals surface area contributed by atoms with Gasteiger partial charge in [-0.3, -0.25) is 13.9 Å². The predicted molar refractivity (Wildman–Crippen MR) is 91.2 cm³/mol. The Balaban J connectivity index is 2.83. The molecule has 1 aromatic carbocycles. The number of fused-ring (bicyclic) bond motifs is 1. The fourth-order valence-corrected chi connectivity index (χ4v) is 2.56. The first-order valence-electron chi connectivity index (χ1n) is 7.59. The van der Waals surface area contributed by atoms with Crippen LogP contribution in [0, 0.1) is 0 Å². The molecule has 0 atom stereocenters. The summed E-state index contributed by atoms with van der Waals surface area (Å²) in [5.41, 5.74) is -0.416. The molecule has 2 rings (SSSR count). The number of aliphatic hydroxyl groups excluding tert-OH is 1. The molecule has 1 heterocycles. The largest absolute Gasteiger partial charge is 0.493 e. The summed E-state index contributed by atoms with van der Waals surface area (Å²) in [6.07, 6.45) is 0. The molecule has 0 aliphatic heterocycles. The summed E-state index contributed by atoms with van der Waals surface area (Å²) in [7, 11) is 6.79. The van der Waals surface area contributed by atoms with Gasteiger partial charge in [0.25, 0.3) is 5.56 Å². The number of aromatic nitrogens is 2. The lowest BCUT2D eigenvalue weighted by atomic mass is 10.2. The van der Waals surface area contributed by atoms with Crippen molar-refractivity contribution in [2.45, 2.75) is 13.1 Å². The highest BCUT2D eigenvalue weighted by atomic mass is 16.5. The Bertz CT molecular complexity index is 838. The third-order valence-electron chi connectivity index (χ3n) is 3.82. The molecule has 0 saturated carbocycles. The Morgan fingerprint density at radius 1 is 1.04 bits per heavy atom. The van der Waals surface area contributed by atoms with Crippen molar-refractivity contribution in [2.75, 3.05) is 41.5 Å². The quantitative estimate of drug-likeness (QED) is 0.749. The maximum Gasteiger partial charge on any atom is 0.331 e. The van der Waals surface area contributed by atoms with Gasteiger partial charge in [0, 0.05) is 19.2 Å². The first-order chi connectivity index (χ1) is 11.4. The summed E-state index contributed by atoms with van der Waals surface area (Å²) >= 11 is 0. The Morgan fingerprint density at radius 2 is 1.67 bits per heavy atom. The first kappa shape index (κ1) is 18.0. The lowest BCUT2D eigenvalue weighted by Gasteiger charge is -2.17. The highest BCUT2D eigenvalue weighted by Crippen LogP contribution is 2.30. The lowest BCUT2D eigenvalue weighted by Crippen LogP contribution is -2.42. The van der Waals surface area contributed by atoms with E-state index in [1.165, 1.54) is 18.8 Å². The van der Waals surface area contributed by atoms with E-state index >= 15 is 0 Å². The van der Waals surface area contributed by atoms with E-state index in [4.69, 9.17) is 9.47 Å². The van der Waals surface area contributed by atoms with Crippen LogP contribution in [0.3, 0.4) is 0 Å². The second-order valence-corrected chi connectivity index (χ2v) is 5.64. The third-order valence-corrected chi connectivity index (χ3v) is 3.82. The van der Waals surface area contributed by atoms with Crippen LogP contribution in [-0.2, 0) is 13.1 Å². The molecule has 1 aromatic heterocycles. The number of hydrogen-bond donors (Lipinski definition) is 1. The van der Waals surface area contributed by atoms with E-state index in [1.54, 1.807) is 12.1 Å². The molecule has 0 radical (unpaired) electrons. The van der Waals surface area contributed by atoms with Crippen molar-refractivity contribution >= 4 is 10.9 Å². The van der Waals surface area contributed by atoms with Gasteiger partial charge in [-0.25, -0.2) is 4.79 Å². The van der Waals surface area contributed by atoms with Gasteiger partial charge in [0.1, 0.15) is 0 Å². The molecule has 0 fully saturated rings. The summed E-state index contributed by atoms with van der Waals surface area (Å²) in [5.74, 6) is 0.859. The molecular weight excluding hydrogens is 314 g/mol. The van der Waals surface area contributed by atoms with Crippen molar-refractivity contribution in [3.05, 3.63) is 33.0 Å². The van der Waals surface area contributed by atoms with E-state index in [0.717, 1.165) is 4.57 Å². The average molecular weight is 337 g/mol. The minimum Gasteiger partial charge on any atom is -0.493 e. The molecule has 8 nitrogen and oxygen atoms in total. The first-order valence-corrected chi connectivity index (χ1v) is 7.59. The van der Waals surface area contributed by atoms with Crippen molar-refractivity contribution < 1.29 is 14.6 Å². The number of methoxy groups -OCH3 is 2. The van der Waals surface area contributed by atoms with E-state index in [-0.39, 0.29) is 13.2 Å².